The van der Waals surface area contributed by atoms with Crippen molar-refractivity contribution < 1.29 is 9.21 Å². The molecule has 1 saturated heterocycles. The zero-order valence-corrected chi connectivity index (χ0v) is 17.0. The lowest BCUT2D eigenvalue weighted by Gasteiger charge is -2.40. The molecular formula is C22H28N2O2S. The van der Waals surface area contributed by atoms with E-state index in [1.165, 1.54) is 11.1 Å². The highest BCUT2D eigenvalue weighted by atomic mass is 32.2. The van der Waals surface area contributed by atoms with Crippen LogP contribution in [0, 0.1) is 0 Å². The first-order valence-corrected chi connectivity index (χ1v) is 11.2. The van der Waals surface area contributed by atoms with Crippen molar-refractivity contribution in [3.8, 4) is 0 Å². The molecular weight excluding hydrogens is 356 g/mol. The van der Waals surface area contributed by atoms with Gasteiger partial charge in [0.1, 0.15) is 5.76 Å². The Morgan fingerprint density at radius 2 is 1.96 bits per heavy atom. The topological polar surface area (TPSA) is 36.7 Å². The molecule has 144 valence electrons. The summed E-state index contributed by atoms with van der Waals surface area (Å²) in [4.78, 5) is 17.4. The maximum absolute atomic E-state index is 12.9. The SMILES string of the molecule is CSCc1ccc(C(=O)N(C)C2CCCN(C3Cc4ccccc4C3)C2)o1. The molecule has 0 bridgehead atoms. The van der Waals surface area contributed by atoms with E-state index in [1.807, 2.05) is 30.3 Å². The number of hydrogen-bond acceptors (Lipinski definition) is 4. The highest BCUT2D eigenvalue weighted by molar-refractivity contribution is 7.97. The normalized spacial score (nSPS) is 20.6. The summed E-state index contributed by atoms with van der Waals surface area (Å²) in [5.74, 6) is 2.14. The summed E-state index contributed by atoms with van der Waals surface area (Å²) in [5, 5.41) is 0. The quantitative estimate of drug-likeness (QED) is 0.785. The van der Waals surface area contributed by atoms with E-state index in [0.29, 0.717) is 11.8 Å². The molecule has 1 atom stereocenters. The lowest BCUT2D eigenvalue weighted by atomic mass is 10.0. The second-order valence-electron chi connectivity index (χ2n) is 7.74. The van der Waals surface area contributed by atoms with Crippen LogP contribution in [0.3, 0.4) is 0 Å². The number of thioether (sulfide) groups is 1. The van der Waals surface area contributed by atoms with Crippen LogP contribution in [0.4, 0.5) is 0 Å². The van der Waals surface area contributed by atoms with Crippen molar-refractivity contribution in [2.24, 2.45) is 0 Å². The molecule has 2 aromatic rings. The number of benzene rings is 1. The number of likely N-dealkylation sites (tertiary alicyclic amines) is 1. The van der Waals surface area contributed by atoms with Gasteiger partial charge in [-0.2, -0.15) is 11.8 Å². The molecule has 1 aliphatic carbocycles. The lowest BCUT2D eigenvalue weighted by molar-refractivity contribution is 0.0527. The number of fused-ring (bicyclic) bond motifs is 1. The smallest absolute Gasteiger partial charge is 0.289 e. The van der Waals surface area contributed by atoms with Gasteiger partial charge in [-0.15, -0.1) is 0 Å². The summed E-state index contributed by atoms with van der Waals surface area (Å²) >= 11 is 1.70. The molecule has 2 heterocycles. The van der Waals surface area contributed by atoms with Crippen LogP contribution < -0.4 is 0 Å². The molecule has 4 rings (SSSR count). The van der Waals surface area contributed by atoms with Crippen molar-refractivity contribution in [1.82, 2.24) is 9.80 Å². The van der Waals surface area contributed by atoms with Crippen LogP contribution in [-0.4, -0.2) is 54.2 Å². The van der Waals surface area contributed by atoms with E-state index in [1.54, 1.807) is 11.8 Å². The first-order chi connectivity index (χ1) is 13.2. The Balaban J connectivity index is 1.39. The van der Waals surface area contributed by atoms with Gasteiger partial charge in [0, 0.05) is 25.7 Å². The number of hydrogen-bond donors (Lipinski definition) is 0. The van der Waals surface area contributed by atoms with Crippen LogP contribution in [0.1, 0.15) is 40.3 Å². The molecule has 1 amide bonds. The van der Waals surface area contributed by atoms with Gasteiger partial charge in [-0.1, -0.05) is 24.3 Å². The third-order valence-corrected chi connectivity index (χ3v) is 6.57. The second-order valence-corrected chi connectivity index (χ2v) is 8.60. The van der Waals surface area contributed by atoms with Gasteiger partial charge in [0.15, 0.2) is 5.76 Å². The molecule has 0 radical (unpaired) electrons. The Morgan fingerprint density at radius 1 is 1.22 bits per heavy atom. The molecule has 1 aromatic carbocycles. The van der Waals surface area contributed by atoms with Crippen molar-refractivity contribution in [3.05, 3.63) is 59.0 Å². The molecule has 27 heavy (non-hydrogen) atoms. The summed E-state index contributed by atoms with van der Waals surface area (Å²) in [7, 11) is 1.93. The molecule has 1 unspecified atom stereocenters. The number of nitrogens with zero attached hydrogens (tertiary/aromatic N) is 2. The minimum Gasteiger partial charge on any atom is -0.455 e. The first kappa shape index (κ1) is 18.6. The number of carbonyl (C=O) groups excluding carboxylic acids is 1. The predicted octanol–water partition coefficient (Wildman–Crippen LogP) is 3.85. The summed E-state index contributed by atoms with van der Waals surface area (Å²) in [6, 6.07) is 13.4. The van der Waals surface area contributed by atoms with E-state index in [4.69, 9.17) is 4.42 Å². The molecule has 5 heteroatoms. The average Bonchev–Trinajstić information content (AvgIpc) is 3.34. The standard InChI is InChI=1S/C22H28N2O2S/c1-23(22(25)21-10-9-20(26-21)15-27-2)18-8-5-11-24(14-18)19-12-16-6-3-4-7-17(16)13-19/h3-4,6-7,9-10,18-19H,5,8,11-15H2,1-2H3. The Hall–Kier alpha value is -1.72. The van der Waals surface area contributed by atoms with E-state index in [9.17, 15) is 4.79 Å². The molecule has 1 fully saturated rings. The van der Waals surface area contributed by atoms with Gasteiger partial charge in [-0.25, -0.2) is 0 Å². The van der Waals surface area contributed by atoms with Gasteiger partial charge >= 0.3 is 0 Å². The fourth-order valence-corrected chi connectivity index (χ4v) is 4.92. The number of rotatable bonds is 5. The number of furan rings is 1. The predicted molar refractivity (Wildman–Crippen MR) is 110 cm³/mol. The molecule has 0 N–H and O–H groups in total. The van der Waals surface area contributed by atoms with Gasteiger partial charge in [0.2, 0.25) is 0 Å². The Labute approximate surface area is 165 Å². The first-order valence-electron chi connectivity index (χ1n) is 9.81. The molecule has 4 nitrogen and oxygen atoms in total. The van der Waals surface area contributed by atoms with Crippen molar-refractivity contribution >= 4 is 17.7 Å². The van der Waals surface area contributed by atoms with E-state index in [0.717, 1.165) is 50.3 Å². The lowest BCUT2D eigenvalue weighted by Crippen LogP contribution is -2.51. The molecule has 0 saturated carbocycles. The average molecular weight is 385 g/mol. The molecule has 2 aliphatic rings. The summed E-state index contributed by atoms with van der Waals surface area (Å²) in [6.45, 7) is 2.09. The summed E-state index contributed by atoms with van der Waals surface area (Å²) in [6.07, 6.45) is 6.52. The minimum absolute atomic E-state index is 0.00362. The van der Waals surface area contributed by atoms with E-state index < -0.39 is 0 Å². The molecule has 0 spiro atoms. The van der Waals surface area contributed by atoms with Crippen LogP contribution in [0.2, 0.25) is 0 Å². The van der Waals surface area contributed by atoms with Crippen LogP contribution >= 0.6 is 11.8 Å². The van der Waals surface area contributed by atoms with Gasteiger partial charge in [-0.3, -0.25) is 9.69 Å². The largest absolute Gasteiger partial charge is 0.455 e. The maximum Gasteiger partial charge on any atom is 0.289 e. The Bertz CT molecular complexity index is 778. The van der Waals surface area contributed by atoms with E-state index in [-0.39, 0.29) is 11.9 Å². The van der Waals surface area contributed by atoms with Crippen molar-refractivity contribution in [2.75, 3.05) is 26.4 Å². The van der Waals surface area contributed by atoms with Crippen molar-refractivity contribution in [2.45, 2.75) is 43.5 Å². The molecule has 1 aliphatic heterocycles. The molecule has 1 aromatic heterocycles. The summed E-state index contributed by atoms with van der Waals surface area (Å²) in [5.41, 5.74) is 2.98. The Morgan fingerprint density at radius 3 is 2.67 bits per heavy atom. The van der Waals surface area contributed by atoms with Gasteiger partial charge < -0.3 is 9.32 Å². The van der Waals surface area contributed by atoms with Gasteiger partial charge in [-0.05, 0) is 61.7 Å². The number of piperidine rings is 1. The summed E-state index contributed by atoms with van der Waals surface area (Å²) < 4.78 is 5.74. The Kier molecular flexibility index (Phi) is 5.60. The third kappa shape index (κ3) is 3.94. The van der Waals surface area contributed by atoms with Crippen molar-refractivity contribution in [1.29, 1.82) is 0 Å². The van der Waals surface area contributed by atoms with Crippen molar-refractivity contribution in [3.63, 3.8) is 0 Å². The van der Waals surface area contributed by atoms with Crippen LogP contribution in [-0.2, 0) is 18.6 Å². The fourth-order valence-electron chi connectivity index (χ4n) is 4.48. The zero-order valence-electron chi connectivity index (χ0n) is 16.2. The third-order valence-electron chi connectivity index (χ3n) is 6.00. The van der Waals surface area contributed by atoms with E-state index >= 15 is 0 Å². The second kappa shape index (κ2) is 8.11. The van der Waals surface area contributed by atoms with Crippen LogP contribution in [0.15, 0.2) is 40.8 Å². The van der Waals surface area contributed by atoms with E-state index in [2.05, 4.69) is 29.2 Å². The highest BCUT2D eigenvalue weighted by Crippen LogP contribution is 2.28. The number of carbonyl (C=O) groups is 1. The highest BCUT2D eigenvalue weighted by Gasteiger charge is 2.33. The number of likely N-dealkylation sites (N-methyl/N-ethyl adjacent to an activating group) is 1. The van der Waals surface area contributed by atoms with Crippen LogP contribution in [0.5, 0.6) is 0 Å². The maximum atomic E-state index is 12.9. The zero-order chi connectivity index (χ0) is 18.8. The monoisotopic (exact) mass is 384 g/mol. The van der Waals surface area contributed by atoms with Crippen LogP contribution in [0.25, 0.3) is 0 Å². The number of amides is 1. The van der Waals surface area contributed by atoms with Gasteiger partial charge in [0.05, 0.1) is 5.75 Å². The fraction of sp³-hybridized carbons (Fsp3) is 0.500. The van der Waals surface area contributed by atoms with Gasteiger partial charge in [0.25, 0.3) is 5.91 Å². The minimum atomic E-state index is 0.00362.